The van der Waals surface area contributed by atoms with E-state index in [1.54, 1.807) is 37.3 Å². The molecule has 0 radical (unpaired) electrons. The van der Waals surface area contributed by atoms with Crippen LogP contribution in [0.15, 0.2) is 36.4 Å². The van der Waals surface area contributed by atoms with Crippen LogP contribution in [0.2, 0.25) is 5.15 Å². The highest BCUT2D eigenvalue weighted by molar-refractivity contribution is 7.91. The van der Waals surface area contributed by atoms with Crippen LogP contribution in [0.1, 0.15) is 11.3 Å². The zero-order valence-corrected chi connectivity index (χ0v) is 12.4. The number of halogens is 1. The third kappa shape index (κ3) is 3.85. The Balaban J connectivity index is 2.19. The quantitative estimate of drug-likeness (QED) is 0.671. The standard InChI is InChI=1S/C13H14ClN3O2S/c1-9-12(5-6-13(14)16-9)17-20(18,19)8-10-3-2-4-11(15)7-10/h2-7,17H,8,15H2,1H3. The third-order valence-electron chi connectivity index (χ3n) is 2.63. The molecule has 1 aromatic heterocycles. The van der Waals surface area contributed by atoms with Gasteiger partial charge in [-0.3, -0.25) is 4.72 Å². The van der Waals surface area contributed by atoms with Crippen LogP contribution in [0.25, 0.3) is 0 Å². The van der Waals surface area contributed by atoms with Crippen molar-refractivity contribution in [3.8, 4) is 0 Å². The van der Waals surface area contributed by atoms with E-state index >= 15 is 0 Å². The van der Waals surface area contributed by atoms with Gasteiger partial charge in [-0.2, -0.15) is 0 Å². The van der Waals surface area contributed by atoms with E-state index < -0.39 is 10.0 Å². The largest absolute Gasteiger partial charge is 0.399 e. The number of nitrogens with zero attached hydrogens (tertiary/aromatic N) is 1. The molecular formula is C13H14ClN3O2S. The molecule has 0 aliphatic carbocycles. The van der Waals surface area contributed by atoms with E-state index in [0.717, 1.165) is 0 Å². The summed E-state index contributed by atoms with van der Waals surface area (Å²) in [5.74, 6) is -0.153. The third-order valence-corrected chi connectivity index (χ3v) is 4.08. The maximum Gasteiger partial charge on any atom is 0.236 e. The molecule has 3 N–H and O–H groups in total. The molecule has 0 saturated heterocycles. The number of nitrogens with one attached hydrogen (secondary N) is 1. The number of rotatable bonds is 4. The van der Waals surface area contributed by atoms with Gasteiger partial charge in [-0.1, -0.05) is 23.7 Å². The number of benzene rings is 1. The van der Waals surface area contributed by atoms with Crippen LogP contribution < -0.4 is 10.5 Å². The summed E-state index contributed by atoms with van der Waals surface area (Å²) in [6.45, 7) is 1.68. The highest BCUT2D eigenvalue weighted by Gasteiger charge is 2.13. The number of hydrogen-bond donors (Lipinski definition) is 2. The van der Waals surface area contributed by atoms with Crippen LogP contribution >= 0.6 is 11.6 Å². The molecule has 0 aliphatic heterocycles. The minimum atomic E-state index is -3.53. The summed E-state index contributed by atoms with van der Waals surface area (Å²) in [4.78, 5) is 4.00. The van der Waals surface area contributed by atoms with Gasteiger partial charge in [0, 0.05) is 5.69 Å². The SMILES string of the molecule is Cc1nc(Cl)ccc1NS(=O)(=O)Cc1cccc(N)c1. The average molecular weight is 312 g/mol. The van der Waals surface area contributed by atoms with Crippen molar-refractivity contribution in [2.24, 2.45) is 0 Å². The average Bonchev–Trinajstić information content (AvgIpc) is 2.32. The molecule has 0 atom stereocenters. The van der Waals surface area contributed by atoms with E-state index in [4.69, 9.17) is 17.3 Å². The summed E-state index contributed by atoms with van der Waals surface area (Å²) in [7, 11) is -3.53. The molecule has 0 spiro atoms. The molecule has 7 heteroatoms. The number of pyridine rings is 1. The second-order valence-corrected chi connectivity index (χ2v) is 6.48. The Labute approximate surface area is 122 Å². The smallest absolute Gasteiger partial charge is 0.236 e. The van der Waals surface area contributed by atoms with Crippen molar-refractivity contribution in [1.29, 1.82) is 0 Å². The Kier molecular flexibility index (Phi) is 4.15. The molecule has 0 aliphatic rings. The van der Waals surface area contributed by atoms with Gasteiger partial charge in [0.1, 0.15) is 5.15 Å². The van der Waals surface area contributed by atoms with Crippen molar-refractivity contribution in [3.05, 3.63) is 52.8 Å². The molecule has 0 bridgehead atoms. The first-order chi connectivity index (χ1) is 9.35. The van der Waals surface area contributed by atoms with Gasteiger partial charge in [0.05, 0.1) is 17.1 Å². The van der Waals surface area contributed by atoms with E-state index in [1.165, 1.54) is 6.07 Å². The summed E-state index contributed by atoms with van der Waals surface area (Å²) >= 11 is 5.73. The Bertz CT molecular complexity index is 732. The second kappa shape index (κ2) is 5.68. The molecule has 0 saturated carbocycles. The lowest BCUT2D eigenvalue weighted by Gasteiger charge is -2.10. The summed E-state index contributed by atoms with van der Waals surface area (Å²) in [6.07, 6.45) is 0. The number of hydrogen-bond acceptors (Lipinski definition) is 4. The lowest BCUT2D eigenvalue weighted by molar-refractivity contribution is 0.600. The fraction of sp³-hybridized carbons (Fsp3) is 0.154. The first-order valence-corrected chi connectivity index (χ1v) is 7.87. The first kappa shape index (κ1) is 14.6. The Morgan fingerprint density at radius 2 is 2.05 bits per heavy atom. The molecular weight excluding hydrogens is 298 g/mol. The molecule has 0 unspecified atom stereocenters. The van der Waals surface area contributed by atoms with Gasteiger partial charge >= 0.3 is 0 Å². The number of nitrogens with two attached hydrogens (primary N) is 1. The first-order valence-electron chi connectivity index (χ1n) is 5.84. The monoisotopic (exact) mass is 311 g/mol. The van der Waals surface area contributed by atoms with Crippen LogP contribution in [0.4, 0.5) is 11.4 Å². The Hall–Kier alpha value is -1.79. The molecule has 2 aromatic rings. The predicted octanol–water partition coefficient (Wildman–Crippen LogP) is 2.57. The lowest BCUT2D eigenvalue weighted by atomic mass is 10.2. The van der Waals surface area contributed by atoms with Gasteiger partial charge in [0.25, 0.3) is 0 Å². The minimum Gasteiger partial charge on any atom is -0.399 e. The maximum atomic E-state index is 12.1. The number of anilines is 2. The van der Waals surface area contributed by atoms with Gasteiger partial charge in [-0.25, -0.2) is 13.4 Å². The van der Waals surface area contributed by atoms with Crippen LogP contribution in [0, 0.1) is 6.92 Å². The van der Waals surface area contributed by atoms with Gasteiger partial charge in [0.2, 0.25) is 10.0 Å². The summed E-state index contributed by atoms with van der Waals surface area (Å²) in [5.41, 5.74) is 7.72. The van der Waals surface area contributed by atoms with Gasteiger partial charge < -0.3 is 5.73 Å². The molecule has 5 nitrogen and oxygen atoms in total. The highest BCUT2D eigenvalue weighted by atomic mass is 35.5. The fourth-order valence-electron chi connectivity index (χ4n) is 1.74. The zero-order valence-electron chi connectivity index (χ0n) is 10.8. The summed E-state index contributed by atoms with van der Waals surface area (Å²) < 4.78 is 26.7. The van der Waals surface area contributed by atoms with Gasteiger partial charge in [-0.15, -0.1) is 0 Å². The molecule has 0 amide bonds. The highest BCUT2D eigenvalue weighted by Crippen LogP contribution is 2.19. The van der Waals surface area contributed by atoms with Crippen LogP contribution in [0.3, 0.4) is 0 Å². The van der Waals surface area contributed by atoms with Crippen molar-refractivity contribution in [2.75, 3.05) is 10.5 Å². The molecule has 0 fully saturated rings. The van der Waals surface area contributed by atoms with Crippen molar-refractivity contribution in [3.63, 3.8) is 0 Å². The Morgan fingerprint density at radius 3 is 2.70 bits per heavy atom. The van der Waals surface area contributed by atoms with Crippen molar-refractivity contribution in [1.82, 2.24) is 4.98 Å². The van der Waals surface area contributed by atoms with Crippen molar-refractivity contribution in [2.45, 2.75) is 12.7 Å². The van der Waals surface area contributed by atoms with Crippen molar-refractivity contribution >= 4 is 33.0 Å². The maximum absolute atomic E-state index is 12.1. The van der Waals surface area contributed by atoms with Gasteiger partial charge in [-0.05, 0) is 36.8 Å². The number of aromatic nitrogens is 1. The molecule has 1 heterocycles. The minimum absolute atomic E-state index is 0.153. The molecule has 1 aromatic carbocycles. The molecule has 2 rings (SSSR count). The van der Waals surface area contributed by atoms with Crippen molar-refractivity contribution < 1.29 is 8.42 Å². The van der Waals surface area contributed by atoms with E-state index in [0.29, 0.717) is 27.8 Å². The fourth-order valence-corrected chi connectivity index (χ4v) is 3.18. The summed E-state index contributed by atoms with van der Waals surface area (Å²) in [6, 6.07) is 9.88. The molecule has 106 valence electrons. The summed E-state index contributed by atoms with van der Waals surface area (Å²) in [5, 5.41) is 0.321. The van der Waals surface area contributed by atoms with Gasteiger partial charge in [0.15, 0.2) is 0 Å². The Morgan fingerprint density at radius 1 is 1.30 bits per heavy atom. The van der Waals surface area contributed by atoms with Crippen LogP contribution in [-0.4, -0.2) is 13.4 Å². The predicted molar refractivity (Wildman–Crippen MR) is 81.1 cm³/mol. The normalized spacial score (nSPS) is 11.3. The number of aryl methyl sites for hydroxylation is 1. The van der Waals surface area contributed by atoms with Crippen LogP contribution in [0.5, 0.6) is 0 Å². The number of nitrogen functional groups attached to an aromatic ring is 1. The van der Waals surface area contributed by atoms with E-state index in [1.807, 2.05) is 0 Å². The zero-order chi connectivity index (χ0) is 14.8. The topological polar surface area (TPSA) is 85.1 Å². The number of sulfonamides is 1. The molecule has 20 heavy (non-hydrogen) atoms. The van der Waals surface area contributed by atoms with E-state index in [9.17, 15) is 8.42 Å². The van der Waals surface area contributed by atoms with E-state index in [2.05, 4.69) is 9.71 Å². The lowest BCUT2D eigenvalue weighted by Crippen LogP contribution is -2.16. The van der Waals surface area contributed by atoms with Crippen LogP contribution in [-0.2, 0) is 15.8 Å². The van der Waals surface area contributed by atoms with E-state index in [-0.39, 0.29) is 5.75 Å². The second-order valence-electron chi connectivity index (χ2n) is 4.37.